The molecule has 0 aromatic heterocycles. The van der Waals surface area contributed by atoms with Crippen LogP contribution in [0.25, 0.3) is 0 Å². The summed E-state index contributed by atoms with van der Waals surface area (Å²) in [5.41, 5.74) is 7.15. The van der Waals surface area contributed by atoms with E-state index in [1.54, 1.807) is 0 Å². The van der Waals surface area contributed by atoms with Crippen molar-refractivity contribution in [2.45, 2.75) is 51.1 Å². The lowest BCUT2D eigenvalue weighted by Crippen LogP contribution is -2.43. The van der Waals surface area contributed by atoms with Gasteiger partial charge in [-0.2, -0.15) is 0 Å². The first-order valence-corrected chi connectivity index (χ1v) is 7.82. The number of nitrogens with two attached hydrogens (primary N) is 1. The first-order chi connectivity index (χ1) is 9.63. The lowest BCUT2D eigenvalue weighted by molar-refractivity contribution is -0.133. The van der Waals surface area contributed by atoms with Crippen LogP contribution in [0.2, 0.25) is 5.02 Å². The molecule has 4 heteroatoms. The standard InChI is InChI=1S/C16H23ClN2O/c1-2-3-8-14(18)16(20)19-10-5-9-15(19)12-6-4-7-13(17)11-12/h4,6-7,11,14-15H,2-3,5,8-10,18H2,1H3. The highest BCUT2D eigenvalue weighted by molar-refractivity contribution is 6.30. The Bertz CT molecular complexity index is 464. The summed E-state index contributed by atoms with van der Waals surface area (Å²) in [6, 6.07) is 7.56. The van der Waals surface area contributed by atoms with Gasteiger partial charge in [0.1, 0.15) is 0 Å². The number of carbonyl (C=O) groups excluding carboxylic acids is 1. The second-order valence-corrected chi connectivity index (χ2v) is 5.93. The topological polar surface area (TPSA) is 46.3 Å². The van der Waals surface area contributed by atoms with E-state index in [2.05, 4.69) is 6.92 Å². The molecule has 20 heavy (non-hydrogen) atoms. The van der Waals surface area contributed by atoms with Crippen LogP contribution in [0.1, 0.15) is 50.6 Å². The number of hydrogen-bond acceptors (Lipinski definition) is 2. The number of amides is 1. The Morgan fingerprint density at radius 1 is 1.55 bits per heavy atom. The summed E-state index contributed by atoms with van der Waals surface area (Å²) in [6.45, 7) is 2.91. The number of rotatable bonds is 5. The lowest BCUT2D eigenvalue weighted by Gasteiger charge is -2.28. The minimum Gasteiger partial charge on any atom is -0.334 e. The maximum atomic E-state index is 12.5. The van der Waals surface area contributed by atoms with Gasteiger partial charge in [-0.05, 0) is 37.0 Å². The van der Waals surface area contributed by atoms with E-state index in [-0.39, 0.29) is 18.0 Å². The molecule has 1 saturated heterocycles. The SMILES string of the molecule is CCCCC(N)C(=O)N1CCCC1c1cccc(Cl)c1. The van der Waals surface area contributed by atoms with Crippen molar-refractivity contribution in [3.05, 3.63) is 34.9 Å². The van der Waals surface area contributed by atoms with Crippen molar-refractivity contribution in [3.63, 3.8) is 0 Å². The van der Waals surface area contributed by atoms with Crippen molar-refractivity contribution in [3.8, 4) is 0 Å². The summed E-state index contributed by atoms with van der Waals surface area (Å²) < 4.78 is 0. The molecule has 2 unspecified atom stereocenters. The molecule has 0 bridgehead atoms. The zero-order chi connectivity index (χ0) is 14.5. The van der Waals surface area contributed by atoms with E-state index < -0.39 is 0 Å². The third kappa shape index (κ3) is 3.53. The van der Waals surface area contributed by atoms with Crippen LogP contribution in [0, 0.1) is 0 Å². The van der Waals surface area contributed by atoms with Gasteiger partial charge < -0.3 is 10.6 Å². The van der Waals surface area contributed by atoms with Crippen LogP contribution in [0.3, 0.4) is 0 Å². The molecule has 1 aromatic rings. The van der Waals surface area contributed by atoms with E-state index >= 15 is 0 Å². The summed E-state index contributed by atoms with van der Waals surface area (Å²) in [7, 11) is 0. The molecule has 1 aliphatic heterocycles. The molecule has 2 N–H and O–H groups in total. The van der Waals surface area contributed by atoms with Crippen molar-refractivity contribution in [2.75, 3.05) is 6.54 Å². The quantitative estimate of drug-likeness (QED) is 0.903. The first kappa shape index (κ1) is 15.3. The molecule has 2 rings (SSSR count). The summed E-state index contributed by atoms with van der Waals surface area (Å²) in [5, 5.41) is 0.720. The summed E-state index contributed by atoms with van der Waals surface area (Å²) in [5.74, 6) is 0.0842. The van der Waals surface area contributed by atoms with Gasteiger partial charge in [0.2, 0.25) is 5.91 Å². The maximum absolute atomic E-state index is 12.5. The van der Waals surface area contributed by atoms with E-state index in [0.717, 1.165) is 49.2 Å². The Labute approximate surface area is 126 Å². The van der Waals surface area contributed by atoms with Gasteiger partial charge in [-0.25, -0.2) is 0 Å². The number of nitrogens with zero attached hydrogens (tertiary/aromatic N) is 1. The van der Waals surface area contributed by atoms with Crippen LogP contribution >= 0.6 is 11.6 Å². The van der Waals surface area contributed by atoms with Crippen LogP contribution in [0.4, 0.5) is 0 Å². The summed E-state index contributed by atoms with van der Waals surface area (Å²) >= 11 is 6.05. The van der Waals surface area contributed by atoms with Gasteiger partial charge >= 0.3 is 0 Å². The molecule has 1 heterocycles. The molecule has 1 fully saturated rings. The van der Waals surface area contributed by atoms with Gasteiger partial charge in [0.15, 0.2) is 0 Å². The first-order valence-electron chi connectivity index (χ1n) is 7.45. The number of hydrogen-bond donors (Lipinski definition) is 1. The van der Waals surface area contributed by atoms with Crippen LogP contribution in [-0.2, 0) is 4.79 Å². The normalized spacial score (nSPS) is 20.1. The second-order valence-electron chi connectivity index (χ2n) is 5.49. The Kier molecular flexibility index (Phi) is 5.44. The highest BCUT2D eigenvalue weighted by Crippen LogP contribution is 2.33. The Hall–Kier alpha value is -1.06. The van der Waals surface area contributed by atoms with Gasteiger partial charge in [-0.15, -0.1) is 0 Å². The fourth-order valence-corrected chi connectivity index (χ4v) is 3.05. The minimum absolute atomic E-state index is 0.0842. The number of carbonyl (C=O) groups is 1. The second kappa shape index (κ2) is 7.09. The van der Waals surface area contributed by atoms with Crippen molar-refractivity contribution < 1.29 is 4.79 Å². The predicted octanol–water partition coefficient (Wildman–Crippen LogP) is 3.52. The molecule has 110 valence electrons. The van der Waals surface area contributed by atoms with Crippen molar-refractivity contribution >= 4 is 17.5 Å². The molecule has 2 atom stereocenters. The molecule has 1 amide bonds. The van der Waals surface area contributed by atoms with Crippen LogP contribution < -0.4 is 5.73 Å². The largest absolute Gasteiger partial charge is 0.334 e. The van der Waals surface area contributed by atoms with E-state index in [0.29, 0.717) is 0 Å². The maximum Gasteiger partial charge on any atom is 0.239 e. The highest BCUT2D eigenvalue weighted by Gasteiger charge is 2.32. The van der Waals surface area contributed by atoms with E-state index in [1.807, 2.05) is 29.2 Å². The molecule has 0 spiro atoms. The van der Waals surface area contributed by atoms with E-state index in [9.17, 15) is 4.79 Å². The van der Waals surface area contributed by atoms with Crippen molar-refractivity contribution in [2.24, 2.45) is 5.73 Å². The molecular weight excluding hydrogens is 272 g/mol. The van der Waals surface area contributed by atoms with E-state index in [1.165, 1.54) is 0 Å². The smallest absolute Gasteiger partial charge is 0.239 e. The molecule has 1 aliphatic rings. The fraction of sp³-hybridized carbons (Fsp3) is 0.562. The van der Waals surface area contributed by atoms with E-state index in [4.69, 9.17) is 17.3 Å². The fourth-order valence-electron chi connectivity index (χ4n) is 2.85. The number of unbranched alkanes of at least 4 members (excludes halogenated alkanes) is 1. The molecule has 0 radical (unpaired) electrons. The summed E-state index contributed by atoms with van der Waals surface area (Å²) in [4.78, 5) is 14.4. The number of benzene rings is 1. The molecule has 3 nitrogen and oxygen atoms in total. The zero-order valence-corrected chi connectivity index (χ0v) is 12.8. The van der Waals surface area contributed by atoms with Crippen molar-refractivity contribution in [1.82, 2.24) is 4.90 Å². The van der Waals surface area contributed by atoms with Gasteiger partial charge in [0.25, 0.3) is 0 Å². The molecule has 0 aliphatic carbocycles. The molecule has 0 saturated carbocycles. The van der Waals surface area contributed by atoms with Gasteiger partial charge in [-0.3, -0.25) is 4.79 Å². The van der Waals surface area contributed by atoms with Gasteiger partial charge in [0, 0.05) is 11.6 Å². The average Bonchev–Trinajstić information content (AvgIpc) is 2.93. The van der Waals surface area contributed by atoms with Crippen LogP contribution in [0.15, 0.2) is 24.3 Å². The summed E-state index contributed by atoms with van der Waals surface area (Å²) in [6.07, 6.45) is 4.87. The van der Waals surface area contributed by atoms with Crippen molar-refractivity contribution in [1.29, 1.82) is 0 Å². The monoisotopic (exact) mass is 294 g/mol. The highest BCUT2D eigenvalue weighted by atomic mass is 35.5. The Morgan fingerprint density at radius 2 is 2.35 bits per heavy atom. The number of likely N-dealkylation sites (tertiary alicyclic amines) is 1. The average molecular weight is 295 g/mol. The zero-order valence-electron chi connectivity index (χ0n) is 12.0. The van der Waals surface area contributed by atoms with Gasteiger partial charge in [-0.1, -0.05) is 43.5 Å². The Balaban J connectivity index is 2.09. The lowest BCUT2D eigenvalue weighted by atomic mass is 10.0. The third-order valence-corrected chi connectivity index (χ3v) is 4.19. The molecule has 1 aromatic carbocycles. The molecular formula is C16H23ClN2O. The Morgan fingerprint density at radius 3 is 3.05 bits per heavy atom. The van der Waals surface area contributed by atoms with Crippen LogP contribution in [-0.4, -0.2) is 23.4 Å². The number of halogens is 1. The minimum atomic E-state index is -0.366. The van der Waals surface area contributed by atoms with Crippen LogP contribution in [0.5, 0.6) is 0 Å². The van der Waals surface area contributed by atoms with Gasteiger partial charge in [0.05, 0.1) is 12.1 Å². The third-order valence-electron chi connectivity index (χ3n) is 3.96. The predicted molar refractivity (Wildman–Crippen MR) is 82.6 cm³/mol.